The number of rotatable bonds is 77. The number of carbonyl (C=O) groups is 2. The molecule has 0 aliphatic rings. The number of hydrogen-bond acceptors (Lipinski definition) is 5. The molecule has 0 aromatic heterocycles. The van der Waals surface area contributed by atoms with Crippen molar-refractivity contribution in [3.05, 3.63) is 109 Å². The largest absolute Gasteiger partial charge is 0.462 e. The van der Waals surface area contributed by atoms with E-state index in [1.54, 1.807) is 0 Å². The zero-order valence-corrected chi connectivity index (χ0v) is 62.7. The van der Waals surface area contributed by atoms with Crippen molar-refractivity contribution in [2.24, 2.45) is 0 Å². The lowest BCUT2D eigenvalue weighted by atomic mass is 10.0. The van der Waals surface area contributed by atoms with Crippen LogP contribution in [0.15, 0.2) is 109 Å². The van der Waals surface area contributed by atoms with Crippen molar-refractivity contribution in [1.82, 2.24) is 0 Å². The summed E-state index contributed by atoms with van der Waals surface area (Å²) in [7, 11) is 0. The van der Waals surface area contributed by atoms with Crippen molar-refractivity contribution >= 4 is 11.9 Å². The van der Waals surface area contributed by atoms with Gasteiger partial charge in [0.05, 0.1) is 6.61 Å². The van der Waals surface area contributed by atoms with Crippen LogP contribution in [0.5, 0.6) is 0 Å². The summed E-state index contributed by atoms with van der Waals surface area (Å²) < 4.78 is 10.8. The van der Waals surface area contributed by atoms with E-state index < -0.39 is 6.10 Å². The van der Waals surface area contributed by atoms with Gasteiger partial charge in [-0.2, -0.15) is 0 Å². The Morgan fingerprint density at radius 3 is 0.691 bits per heavy atom. The molecule has 5 heteroatoms. The Labute approximate surface area is 586 Å². The third-order valence-corrected chi connectivity index (χ3v) is 18.6. The van der Waals surface area contributed by atoms with Gasteiger partial charge < -0.3 is 14.6 Å². The van der Waals surface area contributed by atoms with Gasteiger partial charge in [0.15, 0.2) is 6.10 Å². The molecule has 544 valence electrons. The van der Waals surface area contributed by atoms with Gasteiger partial charge in [-0.1, -0.05) is 419 Å². The maximum absolute atomic E-state index is 12.4. The number of hydrogen-bond donors (Lipinski definition) is 1. The van der Waals surface area contributed by atoms with Gasteiger partial charge in [0.2, 0.25) is 0 Å². The number of aliphatic hydroxyl groups is 1. The van der Waals surface area contributed by atoms with Gasteiger partial charge in [-0.3, -0.25) is 9.59 Å². The zero-order chi connectivity index (χ0) is 67.5. The molecule has 0 aliphatic carbocycles. The Bertz CT molecular complexity index is 1780. The average Bonchev–Trinajstić information content (AvgIpc) is 3.77. The van der Waals surface area contributed by atoms with Crippen LogP contribution in [0, 0.1) is 0 Å². The highest BCUT2D eigenvalue weighted by atomic mass is 16.6. The van der Waals surface area contributed by atoms with Crippen LogP contribution in [0.1, 0.15) is 425 Å². The lowest BCUT2D eigenvalue weighted by Gasteiger charge is -2.15. The molecule has 5 nitrogen and oxygen atoms in total. The molecule has 0 saturated carbocycles. The van der Waals surface area contributed by atoms with Crippen LogP contribution in [0.4, 0.5) is 0 Å². The lowest BCUT2D eigenvalue weighted by Crippen LogP contribution is -2.28. The fourth-order valence-electron chi connectivity index (χ4n) is 12.4. The predicted molar refractivity (Wildman–Crippen MR) is 417 cm³/mol. The minimum absolute atomic E-state index is 0.0627. The van der Waals surface area contributed by atoms with E-state index in [1.165, 1.54) is 308 Å². The number of carbonyl (C=O) groups excluding carboxylic acids is 2. The van der Waals surface area contributed by atoms with E-state index >= 15 is 0 Å². The molecule has 1 unspecified atom stereocenters. The highest BCUT2D eigenvalue weighted by Gasteiger charge is 2.16. The molecule has 1 N–H and O–H groups in total. The summed E-state index contributed by atoms with van der Waals surface area (Å²) in [5, 5.41) is 9.74. The Kier molecular flexibility index (Phi) is 80.7. The summed E-state index contributed by atoms with van der Waals surface area (Å²) in [4.78, 5) is 24.7. The molecular formula is C89H158O5. The number of ether oxygens (including phenoxy) is 2. The van der Waals surface area contributed by atoms with Crippen molar-refractivity contribution in [1.29, 1.82) is 0 Å². The fourth-order valence-corrected chi connectivity index (χ4v) is 12.4. The number of esters is 2. The average molecular weight is 1310 g/mol. The first-order valence-corrected chi connectivity index (χ1v) is 41.4. The molecule has 94 heavy (non-hydrogen) atoms. The number of unbranched alkanes of at least 4 members (excludes halogenated alkanes) is 51. The van der Waals surface area contributed by atoms with Gasteiger partial charge in [-0.25, -0.2) is 0 Å². The molecular weight excluding hydrogens is 1150 g/mol. The SMILES string of the molecule is CC/C=C\C/C=C\C/C=C\C/C=C\C/C=C\C/C=C\C/C=C\CCCCCCCCCCCCCCCCCCCCCC(=O)OC(CO)COC(=O)CCCCCCCCCCCCCCCCCCCCCCCCCCCCC/C=C\C/C=C\CCCCCCC. The minimum atomic E-state index is -0.775. The van der Waals surface area contributed by atoms with E-state index in [-0.39, 0.29) is 25.2 Å². The number of aliphatic hydroxyl groups excluding tert-OH is 1. The standard InChI is InChI=1S/C89H158O5/c1-3-5-7-9-11-13-15-17-19-21-23-25-27-29-31-33-35-37-39-41-43-44-46-48-50-52-54-56-58-60-62-64-66-68-70-72-74-76-78-80-82-84-89(92)94-87(85-90)86-93-88(91)83-81-79-77-75-73-71-69-67-65-63-61-59-57-55-53-51-49-47-45-42-40-38-36-34-32-30-28-26-24-22-20-18-16-14-12-10-8-6-4-2/h5,7,11,13,16-19,22-25,29,31,35,37,41,43,87,90H,3-4,6,8-10,12,14-15,20-21,26-28,30,32-34,36,38-40,42,44-86H2,1-2H3/b7-5-,13-11-,18-16-,19-17-,24-22-,25-23-,31-29-,37-35-,43-41-. The molecule has 0 heterocycles. The van der Waals surface area contributed by atoms with Crippen LogP contribution in [0.25, 0.3) is 0 Å². The van der Waals surface area contributed by atoms with E-state index in [2.05, 4.69) is 123 Å². The Morgan fingerprint density at radius 1 is 0.255 bits per heavy atom. The van der Waals surface area contributed by atoms with Crippen LogP contribution >= 0.6 is 0 Å². The van der Waals surface area contributed by atoms with Gasteiger partial charge in [0.1, 0.15) is 6.61 Å². The molecule has 0 fully saturated rings. The van der Waals surface area contributed by atoms with Gasteiger partial charge >= 0.3 is 11.9 Å². The molecule has 0 bridgehead atoms. The topological polar surface area (TPSA) is 72.8 Å². The third kappa shape index (κ3) is 81.0. The summed E-state index contributed by atoms with van der Waals surface area (Å²) in [5.41, 5.74) is 0. The van der Waals surface area contributed by atoms with Crippen LogP contribution in [-0.2, 0) is 19.1 Å². The molecule has 0 saturated heterocycles. The van der Waals surface area contributed by atoms with Crippen molar-refractivity contribution in [2.75, 3.05) is 13.2 Å². The summed E-state index contributed by atoms with van der Waals surface area (Å²) in [6.45, 7) is 4.07. The second-order valence-corrected chi connectivity index (χ2v) is 27.8. The van der Waals surface area contributed by atoms with Crippen LogP contribution in [0.3, 0.4) is 0 Å². The maximum atomic E-state index is 12.4. The fraction of sp³-hybridized carbons (Fsp3) is 0.775. The summed E-state index contributed by atoms with van der Waals surface area (Å²) in [6.07, 6.45) is 122. The van der Waals surface area contributed by atoms with E-state index in [0.29, 0.717) is 12.8 Å². The lowest BCUT2D eigenvalue weighted by molar-refractivity contribution is -0.161. The van der Waals surface area contributed by atoms with Gasteiger partial charge in [-0.05, 0) is 103 Å². The summed E-state index contributed by atoms with van der Waals surface area (Å²) >= 11 is 0. The normalized spacial score (nSPS) is 12.8. The first kappa shape index (κ1) is 90.6. The minimum Gasteiger partial charge on any atom is -0.462 e. The van der Waals surface area contributed by atoms with E-state index in [4.69, 9.17) is 9.47 Å². The van der Waals surface area contributed by atoms with E-state index in [9.17, 15) is 14.7 Å². The first-order valence-electron chi connectivity index (χ1n) is 41.4. The van der Waals surface area contributed by atoms with Gasteiger partial charge in [0.25, 0.3) is 0 Å². The van der Waals surface area contributed by atoms with Crippen LogP contribution in [0.2, 0.25) is 0 Å². The second-order valence-electron chi connectivity index (χ2n) is 27.8. The van der Waals surface area contributed by atoms with Gasteiger partial charge in [-0.15, -0.1) is 0 Å². The summed E-state index contributed by atoms with van der Waals surface area (Å²) in [6, 6.07) is 0. The Hall–Kier alpha value is -3.44. The molecule has 0 amide bonds. The summed E-state index contributed by atoms with van der Waals surface area (Å²) in [5.74, 6) is -0.570. The smallest absolute Gasteiger partial charge is 0.306 e. The van der Waals surface area contributed by atoms with Crippen LogP contribution < -0.4 is 0 Å². The van der Waals surface area contributed by atoms with E-state index in [0.717, 1.165) is 89.9 Å². The predicted octanol–water partition coefficient (Wildman–Crippen LogP) is 29.4. The molecule has 1 atom stereocenters. The maximum Gasteiger partial charge on any atom is 0.306 e. The molecule has 0 aromatic carbocycles. The van der Waals surface area contributed by atoms with Crippen molar-refractivity contribution in [3.63, 3.8) is 0 Å². The highest BCUT2D eigenvalue weighted by Crippen LogP contribution is 2.20. The monoisotopic (exact) mass is 1310 g/mol. The van der Waals surface area contributed by atoms with Crippen LogP contribution in [-0.4, -0.2) is 36.4 Å². The highest BCUT2D eigenvalue weighted by molar-refractivity contribution is 5.70. The van der Waals surface area contributed by atoms with Crippen molar-refractivity contribution in [2.45, 2.75) is 431 Å². The van der Waals surface area contributed by atoms with Gasteiger partial charge in [0, 0.05) is 12.8 Å². The molecule has 0 aliphatic heterocycles. The second kappa shape index (κ2) is 83.8. The van der Waals surface area contributed by atoms with Crippen molar-refractivity contribution < 1.29 is 24.2 Å². The van der Waals surface area contributed by atoms with Crippen molar-refractivity contribution in [3.8, 4) is 0 Å². The zero-order valence-electron chi connectivity index (χ0n) is 62.7. The quantitative estimate of drug-likeness (QED) is 0.0373. The molecule has 0 spiro atoms. The number of allylic oxidation sites excluding steroid dienone is 18. The molecule has 0 aromatic rings. The molecule has 0 rings (SSSR count). The third-order valence-electron chi connectivity index (χ3n) is 18.6. The molecule has 0 radical (unpaired) electrons. The van der Waals surface area contributed by atoms with E-state index in [1.807, 2.05) is 0 Å². The first-order chi connectivity index (χ1) is 46.6. The Balaban J connectivity index is 3.40. The Morgan fingerprint density at radius 2 is 0.457 bits per heavy atom.